The molecule has 134 valence electrons. The SMILES string of the molecule is CN(CCc1cccc2ccoc12)Cc1ccc(/C=C/C(=O)NO)cc1. The van der Waals surface area contributed by atoms with Crippen molar-refractivity contribution in [2.24, 2.45) is 0 Å². The highest BCUT2D eigenvalue weighted by Crippen LogP contribution is 2.20. The van der Waals surface area contributed by atoms with Gasteiger partial charge in [0, 0.05) is 24.6 Å². The van der Waals surface area contributed by atoms with Crippen molar-refractivity contribution in [2.75, 3.05) is 13.6 Å². The van der Waals surface area contributed by atoms with Gasteiger partial charge in [0.15, 0.2) is 0 Å². The monoisotopic (exact) mass is 350 g/mol. The number of hydrogen-bond donors (Lipinski definition) is 2. The van der Waals surface area contributed by atoms with Crippen LogP contribution in [0.2, 0.25) is 0 Å². The highest BCUT2D eigenvalue weighted by molar-refractivity contribution is 5.90. The molecule has 26 heavy (non-hydrogen) atoms. The number of nitrogens with zero attached hydrogens (tertiary/aromatic N) is 1. The normalized spacial score (nSPS) is 11.5. The van der Waals surface area contributed by atoms with Gasteiger partial charge in [-0.05, 0) is 42.3 Å². The maximum absolute atomic E-state index is 11.0. The van der Waals surface area contributed by atoms with Gasteiger partial charge in [-0.15, -0.1) is 0 Å². The number of likely N-dealkylation sites (N-methyl/N-ethyl adjacent to an activating group) is 1. The zero-order valence-electron chi connectivity index (χ0n) is 14.7. The number of nitrogens with one attached hydrogen (secondary N) is 1. The number of benzene rings is 2. The first-order valence-corrected chi connectivity index (χ1v) is 8.50. The number of rotatable bonds is 7. The first-order chi connectivity index (χ1) is 12.7. The van der Waals surface area contributed by atoms with Crippen LogP contribution < -0.4 is 5.48 Å². The standard InChI is InChI=1S/C21H22N2O3/c1-23(13-11-18-3-2-4-19-12-14-26-21(18)19)15-17-7-5-16(6-8-17)9-10-20(24)22-25/h2-10,12,14,25H,11,13,15H2,1H3,(H,22,24)/b10-9+. The fourth-order valence-corrected chi connectivity index (χ4v) is 2.90. The number of carbonyl (C=O) groups excluding carboxylic acids is 1. The summed E-state index contributed by atoms with van der Waals surface area (Å²) in [5, 5.41) is 9.62. The van der Waals surface area contributed by atoms with E-state index >= 15 is 0 Å². The Morgan fingerprint density at radius 2 is 2.00 bits per heavy atom. The largest absolute Gasteiger partial charge is 0.464 e. The molecule has 1 amide bonds. The van der Waals surface area contributed by atoms with Gasteiger partial charge in [-0.2, -0.15) is 0 Å². The van der Waals surface area contributed by atoms with Crippen molar-refractivity contribution in [3.8, 4) is 0 Å². The molecular formula is C21H22N2O3. The van der Waals surface area contributed by atoms with Gasteiger partial charge in [-0.1, -0.05) is 42.5 Å². The van der Waals surface area contributed by atoms with E-state index in [0.717, 1.165) is 36.0 Å². The lowest BCUT2D eigenvalue weighted by atomic mass is 10.1. The van der Waals surface area contributed by atoms with Crippen molar-refractivity contribution in [2.45, 2.75) is 13.0 Å². The molecule has 0 atom stereocenters. The van der Waals surface area contributed by atoms with E-state index in [1.165, 1.54) is 17.2 Å². The molecular weight excluding hydrogens is 328 g/mol. The third-order valence-corrected chi connectivity index (χ3v) is 4.29. The maximum Gasteiger partial charge on any atom is 0.267 e. The molecule has 0 saturated carbocycles. The van der Waals surface area contributed by atoms with E-state index in [0.29, 0.717) is 0 Å². The van der Waals surface area contributed by atoms with Crippen LogP contribution in [0.5, 0.6) is 0 Å². The average molecular weight is 350 g/mol. The Morgan fingerprint density at radius 1 is 1.19 bits per heavy atom. The van der Waals surface area contributed by atoms with Crippen LogP contribution in [0.25, 0.3) is 17.0 Å². The number of fused-ring (bicyclic) bond motifs is 1. The van der Waals surface area contributed by atoms with Gasteiger partial charge in [0.1, 0.15) is 5.58 Å². The van der Waals surface area contributed by atoms with E-state index in [2.05, 4.69) is 30.1 Å². The Labute approximate surface area is 152 Å². The molecule has 1 aromatic heterocycles. The summed E-state index contributed by atoms with van der Waals surface area (Å²) in [5.74, 6) is -0.541. The fraction of sp³-hybridized carbons (Fsp3) is 0.190. The highest BCUT2D eigenvalue weighted by Gasteiger charge is 2.06. The summed E-state index contributed by atoms with van der Waals surface area (Å²) in [6.07, 6.45) is 5.61. The van der Waals surface area contributed by atoms with Gasteiger partial charge in [-0.3, -0.25) is 10.0 Å². The molecule has 0 saturated heterocycles. The second kappa shape index (κ2) is 8.47. The quantitative estimate of drug-likeness (QED) is 0.388. The Kier molecular flexibility index (Phi) is 5.84. The topological polar surface area (TPSA) is 65.7 Å². The van der Waals surface area contributed by atoms with Crippen LogP contribution in [0.3, 0.4) is 0 Å². The predicted octanol–water partition coefficient (Wildman–Crippen LogP) is 3.63. The molecule has 3 rings (SSSR count). The van der Waals surface area contributed by atoms with E-state index in [9.17, 15) is 4.79 Å². The van der Waals surface area contributed by atoms with E-state index < -0.39 is 5.91 Å². The minimum absolute atomic E-state index is 0.541. The number of hydrogen-bond acceptors (Lipinski definition) is 4. The van der Waals surface area contributed by atoms with Crippen molar-refractivity contribution >= 4 is 23.0 Å². The van der Waals surface area contributed by atoms with E-state index in [4.69, 9.17) is 9.62 Å². The molecule has 0 unspecified atom stereocenters. The number of hydroxylamine groups is 1. The summed E-state index contributed by atoms with van der Waals surface area (Å²) in [6.45, 7) is 1.77. The molecule has 0 aliphatic heterocycles. The first-order valence-electron chi connectivity index (χ1n) is 8.50. The maximum atomic E-state index is 11.0. The van der Waals surface area contributed by atoms with Gasteiger partial charge in [0.25, 0.3) is 5.91 Å². The molecule has 2 aromatic carbocycles. The van der Waals surface area contributed by atoms with Crippen LogP contribution in [0.1, 0.15) is 16.7 Å². The summed E-state index contributed by atoms with van der Waals surface area (Å²) in [6, 6.07) is 16.2. The zero-order valence-corrected chi connectivity index (χ0v) is 14.7. The van der Waals surface area contributed by atoms with Gasteiger partial charge >= 0.3 is 0 Å². The summed E-state index contributed by atoms with van der Waals surface area (Å²) < 4.78 is 5.59. The molecule has 0 bridgehead atoms. The second-order valence-corrected chi connectivity index (χ2v) is 6.29. The Balaban J connectivity index is 1.55. The summed E-state index contributed by atoms with van der Waals surface area (Å²) >= 11 is 0. The number of carbonyl (C=O) groups is 1. The van der Waals surface area contributed by atoms with Crippen molar-refractivity contribution in [3.05, 3.63) is 77.6 Å². The molecule has 5 heteroatoms. The van der Waals surface area contributed by atoms with Crippen LogP contribution >= 0.6 is 0 Å². The van der Waals surface area contributed by atoms with E-state index in [1.807, 2.05) is 30.3 Å². The molecule has 0 aliphatic carbocycles. The molecule has 3 aromatic rings. The predicted molar refractivity (Wildman–Crippen MR) is 102 cm³/mol. The smallest absolute Gasteiger partial charge is 0.267 e. The summed E-state index contributed by atoms with van der Waals surface area (Å²) in [5.41, 5.74) is 5.88. The summed E-state index contributed by atoms with van der Waals surface area (Å²) in [7, 11) is 2.10. The number of para-hydroxylation sites is 1. The van der Waals surface area contributed by atoms with Crippen LogP contribution in [0.4, 0.5) is 0 Å². The fourth-order valence-electron chi connectivity index (χ4n) is 2.90. The third kappa shape index (κ3) is 4.59. The van der Waals surface area contributed by atoms with E-state index in [1.54, 1.807) is 17.8 Å². The minimum atomic E-state index is -0.541. The van der Waals surface area contributed by atoms with Crippen LogP contribution in [-0.2, 0) is 17.8 Å². The number of amides is 1. The van der Waals surface area contributed by atoms with Crippen molar-refractivity contribution < 1.29 is 14.4 Å². The molecule has 0 aliphatic rings. The highest BCUT2D eigenvalue weighted by atomic mass is 16.5. The summed E-state index contributed by atoms with van der Waals surface area (Å²) in [4.78, 5) is 13.3. The first kappa shape index (κ1) is 17.9. The van der Waals surface area contributed by atoms with Crippen molar-refractivity contribution in [1.29, 1.82) is 0 Å². The lowest BCUT2D eigenvalue weighted by Gasteiger charge is -2.17. The lowest BCUT2D eigenvalue weighted by Crippen LogP contribution is -2.20. The molecule has 0 spiro atoms. The molecule has 0 radical (unpaired) electrons. The second-order valence-electron chi connectivity index (χ2n) is 6.29. The van der Waals surface area contributed by atoms with E-state index in [-0.39, 0.29) is 0 Å². The Morgan fingerprint density at radius 3 is 2.77 bits per heavy atom. The zero-order chi connectivity index (χ0) is 18.4. The van der Waals surface area contributed by atoms with Gasteiger partial charge in [0.2, 0.25) is 0 Å². The van der Waals surface area contributed by atoms with Gasteiger partial charge in [-0.25, -0.2) is 5.48 Å². The van der Waals surface area contributed by atoms with Gasteiger partial charge < -0.3 is 9.32 Å². The number of furan rings is 1. The Bertz CT molecular complexity index is 897. The molecule has 0 fully saturated rings. The molecule has 1 heterocycles. The average Bonchev–Trinajstić information content (AvgIpc) is 3.15. The van der Waals surface area contributed by atoms with Crippen LogP contribution in [0, 0.1) is 0 Å². The minimum Gasteiger partial charge on any atom is -0.464 e. The van der Waals surface area contributed by atoms with Crippen molar-refractivity contribution in [1.82, 2.24) is 10.4 Å². The molecule has 2 N–H and O–H groups in total. The van der Waals surface area contributed by atoms with Gasteiger partial charge in [0.05, 0.1) is 6.26 Å². The van der Waals surface area contributed by atoms with Crippen LogP contribution in [-0.4, -0.2) is 29.6 Å². The van der Waals surface area contributed by atoms with Crippen molar-refractivity contribution in [3.63, 3.8) is 0 Å². The lowest BCUT2D eigenvalue weighted by molar-refractivity contribution is -0.124. The third-order valence-electron chi connectivity index (χ3n) is 4.29. The Hall–Kier alpha value is -2.89. The molecule has 5 nitrogen and oxygen atoms in total. The van der Waals surface area contributed by atoms with Crippen LogP contribution in [0.15, 0.2) is 65.3 Å².